The van der Waals surface area contributed by atoms with Gasteiger partial charge in [-0.1, -0.05) is 49.6 Å². The van der Waals surface area contributed by atoms with Crippen LogP contribution in [0.5, 0.6) is 0 Å². The smallest absolute Gasteiger partial charge is 0.234 e. The molecule has 4 rings (SSSR count). The molecule has 1 N–H and O–H groups in total. The Kier molecular flexibility index (Phi) is 6.66. The number of nitrogens with zero attached hydrogens (tertiary/aromatic N) is 2. The zero-order valence-electron chi connectivity index (χ0n) is 17.7. The van der Waals surface area contributed by atoms with E-state index in [1.54, 1.807) is 6.92 Å². The average Bonchev–Trinajstić information content (AvgIpc) is 3.09. The molecule has 158 valence electrons. The van der Waals surface area contributed by atoms with Gasteiger partial charge in [-0.05, 0) is 37.2 Å². The molecule has 29 heavy (non-hydrogen) atoms. The molecule has 1 amide bonds. The molecule has 5 heteroatoms. The lowest BCUT2D eigenvalue weighted by Crippen LogP contribution is -2.52. The molecule has 0 aromatic heterocycles. The van der Waals surface area contributed by atoms with Crippen LogP contribution in [-0.4, -0.2) is 60.3 Å². The SMILES string of the molecule is CC(=O)C1CC2CCCCC2C1NC(=O)CN1CCN(Cc2ccccc2)CC1. The monoisotopic (exact) mass is 397 g/mol. The summed E-state index contributed by atoms with van der Waals surface area (Å²) in [5, 5.41) is 3.29. The predicted molar refractivity (Wildman–Crippen MR) is 114 cm³/mol. The van der Waals surface area contributed by atoms with Gasteiger partial charge in [-0.25, -0.2) is 0 Å². The maximum absolute atomic E-state index is 12.8. The number of fused-ring (bicyclic) bond motifs is 1. The Hall–Kier alpha value is -1.72. The standard InChI is InChI=1S/C24H35N3O2/c1-18(28)22-15-20-9-5-6-10-21(20)24(22)25-23(29)17-27-13-11-26(12-14-27)16-19-7-3-2-4-8-19/h2-4,7-8,20-22,24H,5-6,9-17H2,1H3,(H,25,29). The molecule has 2 saturated carbocycles. The van der Waals surface area contributed by atoms with Gasteiger partial charge in [-0.15, -0.1) is 0 Å². The highest BCUT2D eigenvalue weighted by Gasteiger charge is 2.46. The number of piperazine rings is 1. The topological polar surface area (TPSA) is 52.7 Å². The molecule has 0 radical (unpaired) electrons. The van der Waals surface area contributed by atoms with E-state index in [2.05, 4.69) is 45.4 Å². The molecule has 1 aromatic rings. The molecule has 0 bridgehead atoms. The van der Waals surface area contributed by atoms with Gasteiger partial charge in [0.2, 0.25) is 5.91 Å². The van der Waals surface area contributed by atoms with Crippen molar-refractivity contribution in [1.82, 2.24) is 15.1 Å². The van der Waals surface area contributed by atoms with Crippen molar-refractivity contribution in [3.8, 4) is 0 Å². The Morgan fingerprint density at radius 3 is 2.41 bits per heavy atom. The van der Waals surface area contributed by atoms with Crippen molar-refractivity contribution in [1.29, 1.82) is 0 Å². The van der Waals surface area contributed by atoms with Gasteiger partial charge in [0, 0.05) is 44.7 Å². The highest BCUT2D eigenvalue weighted by molar-refractivity contribution is 5.82. The lowest BCUT2D eigenvalue weighted by atomic mass is 9.80. The van der Waals surface area contributed by atoms with E-state index in [1.165, 1.54) is 24.8 Å². The van der Waals surface area contributed by atoms with Crippen LogP contribution in [0.4, 0.5) is 0 Å². The molecule has 0 spiro atoms. The molecule has 3 fully saturated rings. The lowest BCUT2D eigenvalue weighted by molar-refractivity contribution is -0.125. The quantitative estimate of drug-likeness (QED) is 0.802. The molecule has 2 aliphatic carbocycles. The van der Waals surface area contributed by atoms with Crippen LogP contribution in [0, 0.1) is 17.8 Å². The van der Waals surface area contributed by atoms with Crippen molar-refractivity contribution in [3.63, 3.8) is 0 Å². The second-order valence-corrected chi connectivity index (χ2v) is 9.29. The largest absolute Gasteiger partial charge is 0.351 e. The van der Waals surface area contributed by atoms with Crippen LogP contribution in [0.2, 0.25) is 0 Å². The zero-order chi connectivity index (χ0) is 20.2. The molecule has 4 unspecified atom stereocenters. The van der Waals surface area contributed by atoms with Crippen molar-refractivity contribution in [2.45, 2.75) is 51.6 Å². The number of carbonyl (C=O) groups excluding carboxylic acids is 2. The summed E-state index contributed by atoms with van der Waals surface area (Å²) in [5.74, 6) is 1.51. The normalized spacial score (nSPS) is 30.7. The first-order valence-electron chi connectivity index (χ1n) is 11.4. The van der Waals surface area contributed by atoms with Gasteiger partial charge in [0.1, 0.15) is 5.78 Å². The number of carbonyl (C=O) groups is 2. The Morgan fingerprint density at radius 2 is 1.69 bits per heavy atom. The van der Waals surface area contributed by atoms with Gasteiger partial charge in [-0.3, -0.25) is 19.4 Å². The number of benzene rings is 1. The number of hydrogen-bond acceptors (Lipinski definition) is 4. The van der Waals surface area contributed by atoms with Crippen LogP contribution in [0.25, 0.3) is 0 Å². The molecule has 1 saturated heterocycles. The van der Waals surface area contributed by atoms with Gasteiger partial charge in [0.25, 0.3) is 0 Å². The molecule has 1 aromatic carbocycles. The third-order valence-electron chi connectivity index (χ3n) is 7.35. The van der Waals surface area contributed by atoms with Crippen LogP contribution in [-0.2, 0) is 16.1 Å². The highest BCUT2D eigenvalue weighted by atomic mass is 16.2. The van der Waals surface area contributed by atoms with E-state index >= 15 is 0 Å². The van der Waals surface area contributed by atoms with Crippen molar-refractivity contribution < 1.29 is 9.59 Å². The maximum atomic E-state index is 12.8. The molecule has 1 heterocycles. The van der Waals surface area contributed by atoms with Crippen molar-refractivity contribution in [2.24, 2.45) is 17.8 Å². The van der Waals surface area contributed by atoms with Crippen LogP contribution >= 0.6 is 0 Å². The fourth-order valence-corrected chi connectivity index (χ4v) is 5.78. The maximum Gasteiger partial charge on any atom is 0.234 e. The Balaban J connectivity index is 1.26. The van der Waals surface area contributed by atoms with Gasteiger partial charge in [0.05, 0.1) is 6.54 Å². The Labute approximate surface area is 174 Å². The predicted octanol–water partition coefficient (Wildman–Crippen LogP) is 2.70. The van der Waals surface area contributed by atoms with Crippen molar-refractivity contribution in [2.75, 3.05) is 32.7 Å². The summed E-state index contributed by atoms with van der Waals surface area (Å²) in [7, 11) is 0. The van der Waals surface area contributed by atoms with E-state index in [9.17, 15) is 9.59 Å². The first-order chi connectivity index (χ1) is 14.1. The fraction of sp³-hybridized carbons (Fsp3) is 0.667. The molecule has 5 nitrogen and oxygen atoms in total. The minimum Gasteiger partial charge on any atom is -0.351 e. The number of hydrogen-bond donors (Lipinski definition) is 1. The molecule has 1 aliphatic heterocycles. The van der Waals surface area contributed by atoms with Crippen LogP contribution in [0.1, 0.15) is 44.6 Å². The third kappa shape index (κ3) is 5.07. The average molecular weight is 398 g/mol. The fourth-order valence-electron chi connectivity index (χ4n) is 5.78. The second kappa shape index (κ2) is 9.40. The van der Waals surface area contributed by atoms with Gasteiger partial charge in [-0.2, -0.15) is 0 Å². The van der Waals surface area contributed by atoms with Crippen LogP contribution < -0.4 is 5.32 Å². The number of amides is 1. The summed E-state index contributed by atoms with van der Waals surface area (Å²) in [5.41, 5.74) is 1.34. The minimum absolute atomic E-state index is 0.0229. The zero-order valence-corrected chi connectivity index (χ0v) is 17.7. The summed E-state index contributed by atoms with van der Waals surface area (Å²) in [4.78, 5) is 29.7. The first kappa shape index (κ1) is 20.5. The summed E-state index contributed by atoms with van der Waals surface area (Å²) in [6.07, 6.45) is 5.88. The van der Waals surface area contributed by atoms with Crippen molar-refractivity contribution >= 4 is 11.7 Å². The highest BCUT2D eigenvalue weighted by Crippen LogP contribution is 2.45. The van der Waals surface area contributed by atoms with E-state index in [4.69, 9.17) is 0 Å². The number of rotatable bonds is 6. The van der Waals surface area contributed by atoms with E-state index in [1.807, 2.05) is 0 Å². The molecular formula is C24H35N3O2. The molecule has 3 aliphatic rings. The van der Waals surface area contributed by atoms with Gasteiger partial charge >= 0.3 is 0 Å². The number of nitrogens with one attached hydrogen (secondary N) is 1. The molecular weight excluding hydrogens is 362 g/mol. The number of ketones is 1. The minimum atomic E-state index is 0.0229. The molecule has 4 atom stereocenters. The summed E-state index contributed by atoms with van der Waals surface area (Å²) >= 11 is 0. The van der Waals surface area contributed by atoms with Gasteiger partial charge < -0.3 is 5.32 Å². The van der Waals surface area contributed by atoms with E-state index in [0.29, 0.717) is 18.4 Å². The summed E-state index contributed by atoms with van der Waals surface area (Å²) in [6.45, 7) is 6.97. The lowest BCUT2D eigenvalue weighted by Gasteiger charge is -2.35. The van der Waals surface area contributed by atoms with Gasteiger partial charge in [0.15, 0.2) is 0 Å². The van der Waals surface area contributed by atoms with E-state index in [0.717, 1.165) is 45.6 Å². The van der Waals surface area contributed by atoms with E-state index in [-0.39, 0.29) is 23.7 Å². The van der Waals surface area contributed by atoms with Crippen LogP contribution in [0.15, 0.2) is 30.3 Å². The second-order valence-electron chi connectivity index (χ2n) is 9.29. The van der Waals surface area contributed by atoms with Crippen LogP contribution in [0.3, 0.4) is 0 Å². The number of Topliss-reactive ketones (excluding diaryl/α,β-unsaturated/α-hetero) is 1. The summed E-state index contributed by atoms with van der Waals surface area (Å²) < 4.78 is 0. The van der Waals surface area contributed by atoms with Crippen molar-refractivity contribution in [3.05, 3.63) is 35.9 Å². The third-order valence-corrected chi connectivity index (χ3v) is 7.35. The Bertz CT molecular complexity index is 699. The van der Waals surface area contributed by atoms with E-state index < -0.39 is 0 Å². The Morgan fingerprint density at radius 1 is 1.00 bits per heavy atom. The summed E-state index contributed by atoms with van der Waals surface area (Å²) in [6, 6.07) is 10.6. The first-order valence-corrected chi connectivity index (χ1v) is 11.4.